The Morgan fingerprint density at radius 3 is 2.33 bits per heavy atom. The van der Waals surface area contributed by atoms with Gasteiger partial charge in [0.1, 0.15) is 18.4 Å². The first-order chi connectivity index (χ1) is 19.5. The molecule has 2 aromatic rings. The van der Waals surface area contributed by atoms with Crippen molar-refractivity contribution in [1.82, 2.24) is 20.0 Å². The van der Waals surface area contributed by atoms with Gasteiger partial charge in [0.25, 0.3) is 0 Å². The minimum Gasteiger partial charge on any atom is -0.492 e. The second kappa shape index (κ2) is 13.9. The second-order valence-corrected chi connectivity index (χ2v) is 12.0. The number of urea groups is 1. The van der Waals surface area contributed by atoms with Crippen molar-refractivity contribution in [2.24, 2.45) is 0 Å². The molecule has 7 nitrogen and oxygen atoms in total. The maximum absolute atomic E-state index is 13.8. The number of carbonyl (C=O) groups excluding carboxylic acids is 2. The fourth-order valence-corrected chi connectivity index (χ4v) is 6.62. The highest BCUT2D eigenvalue weighted by Crippen LogP contribution is 2.34. The first kappa shape index (κ1) is 29.0. The number of piperidine rings is 1. The first-order valence-electron chi connectivity index (χ1n) is 14.7. The summed E-state index contributed by atoms with van der Waals surface area (Å²) in [5.74, 6) is 1.22. The lowest BCUT2D eigenvalue weighted by Gasteiger charge is -2.35. The number of hydrogen-bond donors (Lipinski definition) is 1. The summed E-state index contributed by atoms with van der Waals surface area (Å²) in [4.78, 5) is 32.9. The van der Waals surface area contributed by atoms with E-state index < -0.39 is 6.04 Å². The molecule has 3 amide bonds. The molecule has 3 saturated heterocycles. The lowest BCUT2D eigenvalue weighted by Crippen LogP contribution is -2.54. The lowest BCUT2D eigenvalue weighted by atomic mass is 9.88. The highest BCUT2D eigenvalue weighted by molar-refractivity contribution is 6.35. The average Bonchev–Trinajstić information content (AvgIpc) is 3.69. The van der Waals surface area contributed by atoms with Gasteiger partial charge in [-0.1, -0.05) is 47.5 Å². The highest BCUT2D eigenvalue weighted by Gasteiger charge is 2.32. The third-order valence-corrected chi connectivity index (χ3v) is 9.04. The third-order valence-electron chi connectivity index (χ3n) is 8.46. The molecule has 5 rings (SSSR count). The van der Waals surface area contributed by atoms with E-state index >= 15 is 0 Å². The molecule has 3 fully saturated rings. The van der Waals surface area contributed by atoms with Gasteiger partial charge in [0.05, 0.1) is 0 Å². The maximum atomic E-state index is 13.8. The summed E-state index contributed by atoms with van der Waals surface area (Å²) in [5, 5.41) is 4.07. The van der Waals surface area contributed by atoms with Crippen LogP contribution >= 0.6 is 23.2 Å². The summed E-state index contributed by atoms with van der Waals surface area (Å²) in [6, 6.07) is 12.7. The van der Waals surface area contributed by atoms with Gasteiger partial charge in [-0.25, -0.2) is 4.79 Å². The normalized spacial score (nSPS) is 19.1. The molecular formula is C31H40Cl2N4O3. The van der Waals surface area contributed by atoms with E-state index in [9.17, 15) is 9.59 Å². The van der Waals surface area contributed by atoms with Crippen molar-refractivity contribution in [2.45, 2.75) is 56.9 Å². The number of nitrogens with zero attached hydrogens (tertiary/aromatic N) is 3. The first-order valence-corrected chi connectivity index (χ1v) is 15.5. The lowest BCUT2D eigenvalue weighted by molar-refractivity contribution is -0.134. The molecule has 0 saturated carbocycles. The molecule has 9 heteroatoms. The van der Waals surface area contributed by atoms with Gasteiger partial charge >= 0.3 is 6.03 Å². The van der Waals surface area contributed by atoms with Gasteiger partial charge in [0.15, 0.2) is 0 Å². The Bertz CT molecular complexity index is 1160. The number of nitrogens with one attached hydrogen (secondary N) is 1. The zero-order chi connectivity index (χ0) is 27.9. The van der Waals surface area contributed by atoms with E-state index in [-0.39, 0.29) is 11.9 Å². The van der Waals surface area contributed by atoms with Crippen molar-refractivity contribution < 1.29 is 14.3 Å². The van der Waals surface area contributed by atoms with Gasteiger partial charge in [-0.15, -0.1) is 0 Å². The molecule has 216 valence electrons. The van der Waals surface area contributed by atoms with Crippen molar-refractivity contribution in [1.29, 1.82) is 0 Å². The number of para-hydroxylation sites is 1. The highest BCUT2D eigenvalue weighted by atomic mass is 35.5. The summed E-state index contributed by atoms with van der Waals surface area (Å²) in [6.07, 6.45) is 6.58. The topological polar surface area (TPSA) is 65.1 Å². The van der Waals surface area contributed by atoms with Crippen molar-refractivity contribution in [3.05, 3.63) is 63.6 Å². The largest absolute Gasteiger partial charge is 0.492 e. The van der Waals surface area contributed by atoms with E-state index in [1.807, 2.05) is 17.0 Å². The van der Waals surface area contributed by atoms with Crippen LogP contribution in [0.5, 0.6) is 5.75 Å². The predicted octanol–water partition coefficient (Wildman–Crippen LogP) is 5.59. The van der Waals surface area contributed by atoms with Crippen molar-refractivity contribution in [2.75, 3.05) is 52.4 Å². The van der Waals surface area contributed by atoms with E-state index in [1.165, 1.54) is 31.5 Å². The summed E-state index contributed by atoms with van der Waals surface area (Å²) >= 11 is 12.5. The third kappa shape index (κ3) is 7.42. The zero-order valence-corrected chi connectivity index (χ0v) is 24.6. The van der Waals surface area contributed by atoms with Crippen molar-refractivity contribution >= 4 is 35.1 Å². The minimum atomic E-state index is -0.690. The molecule has 0 aromatic heterocycles. The standard InChI is InChI=1S/C31H40Cl2N4O3/c32-25-10-9-24(27(33)22-25)21-28(34-31(39)37-15-5-6-16-37)30(38)36-17-11-23(12-18-36)26-7-1-2-8-29(26)40-20-19-35-13-3-4-14-35/h1-2,7-10,22-23,28H,3-6,11-21H2,(H,34,39)/t28-/m1/s1. The monoisotopic (exact) mass is 586 g/mol. The molecule has 3 aliphatic rings. The summed E-state index contributed by atoms with van der Waals surface area (Å²) in [6.45, 7) is 6.71. The van der Waals surface area contributed by atoms with Crippen LogP contribution in [0, 0.1) is 0 Å². The number of ether oxygens (including phenoxy) is 1. The molecular weight excluding hydrogens is 547 g/mol. The van der Waals surface area contributed by atoms with E-state index in [0.29, 0.717) is 42.1 Å². The van der Waals surface area contributed by atoms with Crippen LogP contribution in [0.4, 0.5) is 4.79 Å². The van der Waals surface area contributed by atoms with E-state index in [2.05, 4.69) is 28.4 Å². The number of likely N-dealkylation sites (tertiary alicyclic amines) is 3. The zero-order valence-electron chi connectivity index (χ0n) is 23.1. The molecule has 0 unspecified atom stereocenters. The fourth-order valence-electron chi connectivity index (χ4n) is 6.14. The Morgan fingerprint density at radius 2 is 1.60 bits per heavy atom. The number of amides is 3. The Hall–Kier alpha value is -2.48. The van der Waals surface area contributed by atoms with Crippen LogP contribution < -0.4 is 10.1 Å². The van der Waals surface area contributed by atoms with Gasteiger partial charge in [0.2, 0.25) is 5.91 Å². The van der Waals surface area contributed by atoms with Crippen LogP contribution in [0.3, 0.4) is 0 Å². The number of rotatable bonds is 9. The molecule has 40 heavy (non-hydrogen) atoms. The molecule has 0 radical (unpaired) electrons. The molecule has 3 aliphatic heterocycles. The number of halogens is 2. The summed E-state index contributed by atoms with van der Waals surface area (Å²) in [7, 11) is 0. The summed E-state index contributed by atoms with van der Waals surface area (Å²) < 4.78 is 6.25. The van der Waals surface area contributed by atoms with Crippen LogP contribution in [0.1, 0.15) is 55.6 Å². The summed E-state index contributed by atoms with van der Waals surface area (Å²) in [5.41, 5.74) is 2.02. The van der Waals surface area contributed by atoms with Crippen molar-refractivity contribution in [3.8, 4) is 5.75 Å². The molecule has 0 bridgehead atoms. The molecule has 1 atom stereocenters. The van der Waals surface area contributed by atoms with Gasteiger partial charge in [-0.05, 0) is 86.9 Å². The van der Waals surface area contributed by atoms with E-state index in [4.69, 9.17) is 27.9 Å². The minimum absolute atomic E-state index is 0.0628. The van der Waals surface area contributed by atoms with E-state index in [1.54, 1.807) is 17.0 Å². The van der Waals surface area contributed by atoms with Crippen LogP contribution in [0.2, 0.25) is 10.0 Å². The van der Waals surface area contributed by atoms with E-state index in [0.717, 1.165) is 56.6 Å². The van der Waals surface area contributed by atoms with Gasteiger partial charge in [0, 0.05) is 49.2 Å². The van der Waals surface area contributed by atoms with Crippen LogP contribution in [-0.4, -0.2) is 85.1 Å². The number of benzene rings is 2. The van der Waals surface area contributed by atoms with Crippen LogP contribution in [-0.2, 0) is 11.2 Å². The van der Waals surface area contributed by atoms with Gasteiger partial charge < -0.3 is 19.9 Å². The Kier molecular flexibility index (Phi) is 10.1. The van der Waals surface area contributed by atoms with Crippen LogP contribution in [0.25, 0.3) is 0 Å². The SMILES string of the molecule is O=C(N[C@H](Cc1ccc(Cl)cc1Cl)C(=O)N1CCC(c2ccccc2OCCN2CCCC2)CC1)N1CCCC1. The molecule has 2 aromatic carbocycles. The van der Waals surface area contributed by atoms with Gasteiger partial charge in [-0.2, -0.15) is 0 Å². The maximum Gasteiger partial charge on any atom is 0.318 e. The Morgan fingerprint density at radius 1 is 0.900 bits per heavy atom. The molecule has 3 heterocycles. The van der Waals surface area contributed by atoms with Crippen molar-refractivity contribution in [3.63, 3.8) is 0 Å². The number of hydrogen-bond acceptors (Lipinski definition) is 4. The Labute approximate surface area is 247 Å². The molecule has 0 aliphatic carbocycles. The molecule has 1 N–H and O–H groups in total. The molecule has 0 spiro atoms. The average molecular weight is 588 g/mol. The van der Waals surface area contributed by atoms with Crippen LogP contribution in [0.15, 0.2) is 42.5 Å². The fraction of sp³-hybridized carbons (Fsp3) is 0.548. The van der Waals surface area contributed by atoms with Gasteiger partial charge in [-0.3, -0.25) is 9.69 Å². The quantitative estimate of drug-likeness (QED) is 0.416. The number of carbonyl (C=O) groups is 2. The smallest absolute Gasteiger partial charge is 0.318 e. The second-order valence-electron chi connectivity index (χ2n) is 11.2. The Balaban J connectivity index is 1.21. The predicted molar refractivity (Wildman–Crippen MR) is 159 cm³/mol.